The first kappa shape index (κ1) is 23.5. The van der Waals surface area contributed by atoms with Crippen molar-refractivity contribution in [2.75, 3.05) is 11.9 Å². The maximum atomic E-state index is 12.6. The highest BCUT2D eigenvalue weighted by Crippen LogP contribution is 2.33. The number of alkyl carbamates (subject to hydrolysis) is 1. The van der Waals surface area contributed by atoms with Gasteiger partial charge >= 0.3 is 12.3 Å². The van der Waals surface area contributed by atoms with E-state index >= 15 is 0 Å². The van der Waals surface area contributed by atoms with Crippen molar-refractivity contribution in [2.45, 2.75) is 13.1 Å². The van der Waals surface area contributed by atoms with Gasteiger partial charge in [-0.1, -0.05) is 11.6 Å². The van der Waals surface area contributed by atoms with E-state index in [4.69, 9.17) is 21.6 Å². The standard InChI is InChI=1S/C19H14ClF3N4O4/c1-2-30-18(29)27-17(28)11(8-24)9-25-13-4-5-15(14(20)7-13)31-16-6-3-12(10-26-16)19(21,22)23/h3-7,9-10,25H,2H2,1H3,(H,27,28,29). The molecule has 2 N–H and O–H groups in total. The summed E-state index contributed by atoms with van der Waals surface area (Å²) >= 11 is 6.10. The van der Waals surface area contributed by atoms with E-state index in [0.717, 1.165) is 18.3 Å². The minimum absolute atomic E-state index is 0.0534. The summed E-state index contributed by atoms with van der Waals surface area (Å²) in [6.45, 7) is 1.61. The average molecular weight is 455 g/mol. The van der Waals surface area contributed by atoms with E-state index in [-0.39, 0.29) is 23.3 Å². The van der Waals surface area contributed by atoms with Crippen LogP contribution in [0.1, 0.15) is 12.5 Å². The lowest BCUT2D eigenvalue weighted by Gasteiger charge is -2.10. The fourth-order valence-corrected chi connectivity index (χ4v) is 2.24. The number of nitrogens with one attached hydrogen (secondary N) is 2. The van der Waals surface area contributed by atoms with Crippen LogP contribution in [0.15, 0.2) is 48.3 Å². The van der Waals surface area contributed by atoms with Crippen molar-refractivity contribution in [3.63, 3.8) is 0 Å². The molecular formula is C19H14ClF3N4O4. The quantitative estimate of drug-likeness (QED) is 0.483. The molecule has 162 valence electrons. The third-order valence-electron chi connectivity index (χ3n) is 3.45. The number of anilines is 1. The number of benzene rings is 1. The maximum absolute atomic E-state index is 12.6. The van der Waals surface area contributed by atoms with Crippen molar-refractivity contribution in [1.82, 2.24) is 10.3 Å². The number of hydrogen-bond acceptors (Lipinski definition) is 7. The number of nitriles is 1. The van der Waals surface area contributed by atoms with Gasteiger partial charge in [0.1, 0.15) is 17.4 Å². The monoisotopic (exact) mass is 454 g/mol. The Bertz CT molecular complexity index is 1030. The summed E-state index contributed by atoms with van der Waals surface area (Å²) in [5.41, 5.74) is -0.967. The number of carbonyl (C=O) groups excluding carboxylic acids is 2. The van der Waals surface area contributed by atoms with Gasteiger partial charge in [0, 0.05) is 24.2 Å². The molecule has 0 spiro atoms. The minimum atomic E-state index is -4.51. The Balaban J connectivity index is 2.06. The van der Waals surface area contributed by atoms with Crippen molar-refractivity contribution >= 4 is 29.3 Å². The topological polar surface area (TPSA) is 113 Å². The number of aromatic nitrogens is 1. The Kier molecular flexibility index (Phi) is 7.81. The zero-order chi connectivity index (χ0) is 23.0. The molecule has 12 heteroatoms. The van der Waals surface area contributed by atoms with Crippen LogP contribution in [0.4, 0.5) is 23.7 Å². The van der Waals surface area contributed by atoms with Crippen molar-refractivity contribution in [3.05, 3.63) is 58.9 Å². The van der Waals surface area contributed by atoms with Crippen LogP contribution in [-0.2, 0) is 15.7 Å². The average Bonchev–Trinajstić information content (AvgIpc) is 2.70. The second-order valence-corrected chi connectivity index (χ2v) is 6.03. The van der Waals surface area contributed by atoms with Gasteiger partial charge in [0.05, 0.1) is 17.2 Å². The Morgan fingerprint density at radius 2 is 2.03 bits per heavy atom. The molecule has 2 rings (SSSR count). The summed E-state index contributed by atoms with van der Waals surface area (Å²) in [5.74, 6) is -0.949. The number of hydrogen-bond donors (Lipinski definition) is 2. The smallest absolute Gasteiger partial charge is 0.417 e. The molecule has 31 heavy (non-hydrogen) atoms. The third-order valence-corrected chi connectivity index (χ3v) is 3.74. The van der Waals surface area contributed by atoms with E-state index < -0.39 is 29.3 Å². The lowest BCUT2D eigenvalue weighted by atomic mass is 10.2. The number of nitrogens with zero attached hydrogens (tertiary/aromatic N) is 2. The first-order valence-electron chi connectivity index (χ1n) is 8.49. The van der Waals surface area contributed by atoms with Gasteiger partial charge in [-0.3, -0.25) is 10.1 Å². The number of rotatable bonds is 6. The van der Waals surface area contributed by atoms with Gasteiger partial charge in [-0.25, -0.2) is 9.78 Å². The van der Waals surface area contributed by atoms with Gasteiger partial charge in [0.15, 0.2) is 0 Å². The van der Waals surface area contributed by atoms with Crippen LogP contribution < -0.4 is 15.4 Å². The number of carbonyl (C=O) groups is 2. The van der Waals surface area contributed by atoms with Crippen molar-refractivity contribution in [2.24, 2.45) is 0 Å². The Morgan fingerprint density at radius 3 is 2.58 bits per heavy atom. The second-order valence-electron chi connectivity index (χ2n) is 5.62. The molecule has 0 fully saturated rings. The Hall–Kier alpha value is -3.78. The fraction of sp³-hybridized carbons (Fsp3) is 0.158. The molecule has 2 aromatic rings. The summed E-state index contributed by atoms with van der Waals surface area (Å²) < 4.78 is 47.6. The van der Waals surface area contributed by atoms with Crippen molar-refractivity contribution in [3.8, 4) is 17.7 Å². The maximum Gasteiger partial charge on any atom is 0.417 e. The number of amides is 2. The van der Waals surface area contributed by atoms with Crippen LogP contribution in [0.5, 0.6) is 11.6 Å². The highest BCUT2D eigenvalue weighted by atomic mass is 35.5. The summed E-state index contributed by atoms with van der Waals surface area (Å²) in [6, 6.07) is 7.76. The number of imide groups is 1. The van der Waals surface area contributed by atoms with Crippen LogP contribution in [0.25, 0.3) is 0 Å². The van der Waals surface area contributed by atoms with Crippen LogP contribution in [0, 0.1) is 11.3 Å². The van der Waals surface area contributed by atoms with Crippen LogP contribution in [-0.4, -0.2) is 23.6 Å². The molecule has 0 saturated carbocycles. The lowest BCUT2D eigenvalue weighted by molar-refractivity contribution is -0.137. The number of pyridine rings is 1. The van der Waals surface area contributed by atoms with Gasteiger partial charge < -0.3 is 14.8 Å². The Labute approximate surface area is 179 Å². The molecule has 1 aromatic heterocycles. The number of ether oxygens (including phenoxy) is 2. The molecule has 0 saturated heterocycles. The molecule has 2 amide bonds. The lowest BCUT2D eigenvalue weighted by Crippen LogP contribution is -2.32. The fourth-order valence-electron chi connectivity index (χ4n) is 2.03. The van der Waals surface area contributed by atoms with Gasteiger partial charge in [-0.2, -0.15) is 18.4 Å². The first-order chi connectivity index (χ1) is 14.6. The van der Waals surface area contributed by atoms with Gasteiger partial charge in [0.2, 0.25) is 5.88 Å². The van der Waals surface area contributed by atoms with Crippen molar-refractivity contribution in [1.29, 1.82) is 5.26 Å². The van der Waals surface area contributed by atoms with E-state index in [1.807, 2.05) is 5.32 Å². The van der Waals surface area contributed by atoms with Gasteiger partial charge in [-0.15, -0.1) is 0 Å². The molecule has 0 atom stereocenters. The van der Waals surface area contributed by atoms with E-state index in [9.17, 15) is 22.8 Å². The molecule has 0 unspecified atom stereocenters. The van der Waals surface area contributed by atoms with E-state index in [1.165, 1.54) is 18.2 Å². The molecule has 0 aliphatic heterocycles. The SMILES string of the molecule is CCOC(=O)NC(=O)C(C#N)=CNc1ccc(Oc2ccc(C(F)(F)F)cn2)c(Cl)c1. The minimum Gasteiger partial charge on any atom is -0.450 e. The van der Waals surface area contributed by atoms with Gasteiger partial charge in [-0.05, 0) is 31.2 Å². The van der Waals surface area contributed by atoms with Crippen LogP contribution in [0.3, 0.4) is 0 Å². The summed E-state index contributed by atoms with van der Waals surface area (Å²) in [7, 11) is 0. The van der Waals surface area contributed by atoms with E-state index in [0.29, 0.717) is 11.9 Å². The van der Waals surface area contributed by atoms with E-state index in [2.05, 4.69) is 15.0 Å². The van der Waals surface area contributed by atoms with E-state index in [1.54, 1.807) is 13.0 Å². The highest BCUT2D eigenvalue weighted by Gasteiger charge is 2.30. The van der Waals surface area contributed by atoms with Crippen LogP contribution in [0.2, 0.25) is 5.02 Å². The normalized spacial score (nSPS) is 11.3. The molecule has 0 radical (unpaired) electrons. The summed E-state index contributed by atoms with van der Waals surface area (Å²) in [5, 5.41) is 13.7. The molecule has 1 aromatic carbocycles. The third kappa shape index (κ3) is 6.90. The van der Waals surface area contributed by atoms with Crippen molar-refractivity contribution < 1.29 is 32.2 Å². The summed E-state index contributed by atoms with van der Waals surface area (Å²) in [4.78, 5) is 26.7. The predicted octanol–water partition coefficient (Wildman–Crippen LogP) is 4.64. The molecule has 8 nitrogen and oxygen atoms in total. The molecule has 0 aliphatic carbocycles. The van der Waals surface area contributed by atoms with Crippen LogP contribution >= 0.6 is 11.6 Å². The first-order valence-corrected chi connectivity index (χ1v) is 8.87. The summed E-state index contributed by atoms with van der Waals surface area (Å²) in [6.07, 6.45) is -3.82. The zero-order valence-corrected chi connectivity index (χ0v) is 16.5. The van der Waals surface area contributed by atoms with Gasteiger partial charge in [0.25, 0.3) is 5.91 Å². The molecule has 0 aliphatic rings. The molecule has 1 heterocycles. The highest BCUT2D eigenvalue weighted by molar-refractivity contribution is 6.32. The predicted molar refractivity (Wildman–Crippen MR) is 103 cm³/mol. The molecule has 0 bridgehead atoms. The number of alkyl halides is 3. The second kappa shape index (κ2) is 10.3. The number of halogens is 4. The largest absolute Gasteiger partial charge is 0.450 e. The Morgan fingerprint density at radius 1 is 1.29 bits per heavy atom. The zero-order valence-electron chi connectivity index (χ0n) is 15.8. The molecular weight excluding hydrogens is 441 g/mol.